The fourth-order valence-electron chi connectivity index (χ4n) is 3.17. The third-order valence-corrected chi connectivity index (χ3v) is 4.54. The van der Waals surface area contributed by atoms with E-state index in [2.05, 4.69) is 39.5 Å². The van der Waals surface area contributed by atoms with Crippen LogP contribution in [0.5, 0.6) is 0 Å². The van der Waals surface area contributed by atoms with Crippen LogP contribution in [0.2, 0.25) is 0 Å². The van der Waals surface area contributed by atoms with Gasteiger partial charge in [-0.05, 0) is 43.5 Å². The van der Waals surface area contributed by atoms with Gasteiger partial charge in [0.1, 0.15) is 5.60 Å². The normalized spacial score (nSPS) is 16.4. The first-order chi connectivity index (χ1) is 13.4. The molecule has 1 fully saturated rings. The third kappa shape index (κ3) is 6.04. The summed E-state index contributed by atoms with van der Waals surface area (Å²) in [5, 5.41) is 3.04. The van der Waals surface area contributed by atoms with Gasteiger partial charge in [0.2, 0.25) is 0 Å². The molecule has 0 unspecified atom stereocenters. The highest BCUT2D eigenvalue weighted by molar-refractivity contribution is 5.69. The van der Waals surface area contributed by atoms with Crippen molar-refractivity contribution in [1.29, 1.82) is 0 Å². The van der Waals surface area contributed by atoms with Crippen molar-refractivity contribution in [3.8, 4) is 11.1 Å². The number of nitrogens with one attached hydrogen (secondary N) is 1. The molecule has 0 radical (unpaired) electrons. The molecule has 3 rings (SSSR count). The molecule has 0 spiro atoms. The lowest BCUT2D eigenvalue weighted by molar-refractivity contribution is 0.0288. The molecule has 2 heterocycles. The predicted octanol–water partition coefficient (Wildman–Crippen LogP) is 3.65. The van der Waals surface area contributed by atoms with Gasteiger partial charge in [0.05, 0.1) is 19.3 Å². The number of rotatable bonds is 5. The molecule has 28 heavy (non-hydrogen) atoms. The summed E-state index contributed by atoms with van der Waals surface area (Å²) in [5.41, 5.74) is 2.68. The maximum Gasteiger partial charge on any atom is 0.408 e. The molecular formula is C22H29N3O3. The minimum atomic E-state index is -0.530. The number of hydrogen-bond donors (Lipinski definition) is 1. The number of alkyl carbamates (subject to hydrolysis) is 1. The first kappa shape index (κ1) is 20.3. The first-order valence-electron chi connectivity index (χ1n) is 9.71. The summed E-state index contributed by atoms with van der Waals surface area (Å²) in [4.78, 5) is 18.9. The number of benzene rings is 1. The van der Waals surface area contributed by atoms with Gasteiger partial charge in [0.15, 0.2) is 0 Å². The average Bonchev–Trinajstić information content (AvgIpc) is 2.68. The van der Waals surface area contributed by atoms with E-state index in [0.29, 0.717) is 0 Å². The van der Waals surface area contributed by atoms with Crippen LogP contribution in [0.25, 0.3) is 11.1 Å². The summed E-state index contributed by atoms with van der Waals surface area (Å²) in [6.07, 6.45) is 3.21. The summed E-state index contributed by atoms with van der Waals surface area (Å²) in [6.45, 7) is 9.48. The maximum absolute atomic E-state index is 12.4. The molecule has 0 aliphatic carbocycles. The Morgan fingerprint density at radius 3 is 2.50 bits per heavy atom. The van der Waals surface area contributed by atoms with E-state index in [1.165, 1.54) is 0 Å². The predicted molar refractivity (Wildman–Crippen MR) is 109 cm³/mol. The lowest BCUT2D eigenvalue weighted by Crippen LogP contribution is -2.44. The monoisotopic (exact) mass is 383 g/mol. The van der Waals surface area contributed by atoms with E-state index < -0.39 is 11.7 Å². The third-order valence-electron chi connectivity index (χ3n) is 4.54. The number of pyridine rings is 1. The molecule has 0 bridgehead atoms. The molecule has 6 heteroatoms. The Kier molecular flexibility index (Phi) is 6.65. The summed E-state index contributed by atoms with van der Waals surface area (Å²) in [7, 11) is 0. The Morgan fingerprint density at radius 2 is 1.89 bits per heavy atom. The van der Waals surface area contributed by atoms with Crippen LogP contribution < -0.4 is 5.32 Å². The zero-order valence-corrected chi connectivity index (χ0v) is 16.9. The minimum Gasteiger partial charge on any atom is -0.444 e. The van der Waals surface area contributed by atoms with Crippen molar-refractivity contribution in [2.24, 2.45) is 0 Å². The zero-order chi connectivity index (χ0) is 20.0. The van der Waals surface area contributed by atoms with E-state index in [-0.39, 0.29) is 6.04 Å². The largest absolute Gasteiger partial charge is 0.444 e. The lowest BCUT2D eigenvalue weighted by Gasteiger charge is -2.31. The van der Waals surface area contributed by atoms with Gasteiger partial charge in [-0.2, -0.15) is 0 Å². The van der Waals surface area contributed by atoms with Gasteiger partial charge in [-0.1, -0.05) is 30.3 Å². The van der Waals surface area contributed by atoms with E-state index in [9.17, 15) is 4.79 Å². The molecule has 1 amide bonds. The van der Waals surface area contributed by atoms with Crippen molar-refractivity contribution >= 4 is 6.09 Å². The topological polar surface area (TPSA) is 63.7 Å². The molecule has 6 nitrogen and oxygen atoms in total. The van der Waals surface area contributed by atoms with E-state index in [0.717, 1.165) is 49.5 Å². The second-order valence-electron chi connectivity index (χ2n) is 7.98. The number of ether oxygens (including phenoxy) is 2. The SMILES string of the molecule is CC(C)(C)OC(=O)N[C@@H](CN1CCOCC1)c1ccc(-c2cccnc2)cc1. The van der Waals surface area contributed by atoms with E-state index in [1.54, 1.807) is 6.20 Å². The Bertz CT molecular complexity index is 751. The van der Waals surface area contributed by atoms with Gasteiger partial charge in [0.25, 0.3) is 0 Å². The van der Waals surface area contributed by atoms with Crippen molar-refractivity contribution in [3.05, 3.63) is 54.4 Å². The van der Waals surface area contributed by atoms with Crippen molar-refractivity contribution in [2.45, 2.75) is 32.4 Å². The first-order valence-corrected chi connectivity index (χ1v) is 9.71. The van der Waals surface area contributed by atoms with Crippen LogP contribution in [0.3, 0.4) is 0 Å². The molecule has 1 aromatic carbocycles. The highest BCUT2D eigenvalue weighted by Crippen LogP contribution is 2.23. The van der Waals surface area contributed by atoms with Crippen molar-refractivity contribution in [3.63, 3.8) is 0 Å². The Balaban J connectivity index is 1.75. The molecule has 1 aromatic heterocycles. The second-order valence-corrected chi connectivity index (χ2v) is 7.98. The molecule has 2 aromatic rings. The fourth-order valence-corrected chi connectivity index (χ4v) is 3.17. The number of carbonyl (C=O) groups excluding carboxylic acids is 1. The molecule has 1 N–H and O–H groups in total. The van der Waals surface area contributed by atoms with Crippen molar-refractivity contribution in [2.75, 3.05) is 32.8 Å². The van der Waals surface area contributed by atoms with Crippen LogP contribution in [0.4, 0.5) is 4.79 Å². The van der Waals surface area contributed by atoms with Gasteiger partial charge >= 0.3 is 6.09 Å². The molecule has 150 valence electrons. The summed E-state index contributed by atoms with van der Waals surface area (Å²) in [5.74, 6) is 0. The van der Waals surface area contributed by atoms with Crippen molar-refractivity contribution < 1.29 is 14.3 Å². The molecule has 0 saturated carbocycles. The highest BCUT2D eigenvalue weighted by atomic mass is 16.6. The maximum atomic E-state index is 12.4. The van der Waals surface area contributed by atoms with Gasteiger partial charge in [-0.3, -0.25) is 9.88 Å². The van der Waals surface area contributed by atoms with E-state index in [1.807, 2.05) is 39.1 Å². The highest BCUT2D eigenvalue weighted by Gasteiger charge is 2.23. The van der Waals surface area contributed by atoms with E-state index >= 15 is 0 Å². The number of hydrogen-bond acceptors (Lipinski definition) is 5. The van der Waals surface area contributed by atoms with Crippen LogP contribution in [0, 0.1) is 0 Å². The van der Waals surface area contributed by atoms with Crippen LogP contribution in [0.15, 0.2) is 48.8 Å². The Hall–Kier alpha value is -2.44. The Morgan fingerprint density at radius 1 is 1.18 bits per heavy atom. The number of aromatic nitrogens is 1. The molecule has 1 aliphatic rings. The molecule has 1 aliphatic heterocycles. The summed E-state index contributed by atoms with van der Waals surface area (Å²) >= 11 is 0. The standard InChI is InChI=1S/C22H29N3O3/c1-22(2,3)28-21(26)24-20(16-25-11-13-27-14-12-25)18-8-6-17(7-9-18)19-5-4-10-23-15-19/h4-10,15,20H,11-14,16H2,1-3H3,(H,24,26)/t20-/m0/s1. The quantitative estimate of drug-likeness (QED) is 0.854. The number of carbonyl (C=O) groups is 1. The summed E-state index contributed by atoms with van der Waals surface area (Å²) < 4.78 is 10.9. The molecular weight excluding hydrogens is 354 g/mol. The lowest BCUT2D eigenvalue weighted by atomic mass is 10.0. The smallest absolute Gasteiger partial charge is 0.408 e. The van der Waals surface area contributed by atoms with Gasteiger partial charge in [-0.25, -0.2) is 4.79 Å². The van der Waals surface area contributed by atoms with Crippen LogP contribution in [0.1, 0.15) is 32.4 Å². The Labute approximate surface area is 166 Å². The fraction of sp³-hybridized carbons (Fsp3) is 0.455. The van der Waals surface area contributed by atoms with Crippen LogP contribution >= 0.6 is 0 Å². The average molecular weight is 383 g/mol. The number of nitrogens with zero attached hydrogens (tertiary/aromatic N) is 2. The van der Waals surface area contributed by atoms with Crippen molar-refractivity contribution in [1.82, 2.24) is 15.2 Å². The summed E-state index contributed by atoms with van der Waals surface area (Å²) in [6, 6.07) is 12.1. The van der Waals surface area contributed by atoms with Gasteiger partial charge in [0, 0.05) is 32.0 Å². The van der Waals surface area contributed by atoms with Crippen LogP contribution in [-0.4, -0.2) is 54.4 Å². The van der Waals surface area contributed by atoms with Crippen LogP contribution in [-0.2, 0) is 9.47 Å². The number of amides is 1. The molecule has 1 saturated heterocycles. The van der Waals surface area contributed by atoms with Gasteiger partial charge < -0.3 is 14.8 Å². The van der Waals surface area contributed by atoms with Gasteiger partial charge in [-0.15, -0.1) is 0 Å². The minimum absolute atomic E-state index is 0.157. The molecule has 1 atom stereocenters. The second kappa shape index (κ2) is 9.17. The zero-order valence-electron chi connectivity index (χ0n) is 16.9. The number of morpholine rings is 1. The van der Waals surface area contributed by atoms with E-state index in [4.69, 9.17) is 9.47 Å².